The second kappa shape index (κ2) is 8.22. The number of nitrogens with zero attached hydrogens (tertiary/aromatic N) is 2. The molecule has 1 N–H and O–H groups in total. The molecule has 0 saturated carbocycles. The second-order valence-corrected chi connectivity index (χ2v) is 9.85. The molecular weight excluding hydrogens is 404 g/mol. The molecule has 1 spiro atoms. The van der Waals surface area contributed by atoms with Crippen LogP contribution in [0.1, 0.15) is 13.3 Å². The molecule has 7 nitrogen and oxygen atoms in total. The normalized spacial score (nSPS) is 32.3. The van der Waals surface area contributed by atoms with E-state index in [-0.39, 0.29) is 36.1 Å². The summed E-state index contributed by atoms with van der Waals surface area (Å²) in [6.45, 7) is 7.54. The van der Waals surface area contributed by atoms with Crippen LogP contribution in [0.3, 0.4) is 0 Å². The zero-order chi connectivity index (χ0) is 20.7. The van der Waals surface area contributed by atoms with Crippen LogP contribution in [0.4, 0.5) is 0 Å². The third-order valence-corrected chi connectivity index (χ3v) is 7.97. The van der Waals surface area contributed by atoms with Gasteiger partial charge in [-0.25, -0.2) is 0 Å². The van der Waals surface area contributed by atoms with Gasteiger partial charge in [0.2, 0.25) is 5.91 Å². The summed E-state index contributed by atoms with van der Waals surface area (Å²) >= 11 is 1.66. The first kappa shape index (κ1) is 20.4. The molecule has 4 aliphatic rings. The van der Waals surface area contributed by atoms with E-state index in [4.69, 9.17) is 14.2 Å². The number of amides is 1. The van der Waals surface area contributed by atoms with Crippen LogP contribution in [0, 0.1) is 11.8 Å². The average Bonchev–Trinajstić information content (AvgIpc) is 3.21. The van der Waals surface area contributed by atoms with E-state index in [2.05, 4.69) is 11.8 Å². The lowest BCUT2D eigenvalue weighted by atomic mass is 9.83. The van der Waals surface area contributed by atoms with Crippen molar-refractivity contribution in [3.63, 3.8) is 0 Å². The van der Waals surface area contributed by atoms with E-state index in [1.165, 1.54) is 0 Å². The van der Waals surface area contributed by atoms with Crippen LogP contribution in [0.25, 0.3) is 0 Å². The van der Waals surface area contributed by atoms with E-state index in [0.29, 0.717) is 32.7 Å². The lowest BCUT2D eigenvalue weighted by Gasteiger charge is -2.40. The third kappa shape index (κ3) is 3.57. The SMILES string of the molecule is CCN1C[C@H]2O[C@]3(C1)CN(C(=O)CCSc1ccc4c(c1)OCCO4)C[C@@H]3[C@@H]2CO. The van der Waals surface area contributed by atoms with E-state index in [1.54, 1.807) is 11.8 Å². The highest BCUT2D eigenvalue weighted by molar-refractivity contribution is 7.99. The maximum atomic E-state index is 12.9. The van der Waals surface area contributed by atoms with Crippen LogP contribution in [0.5, 0.6) is 11.5 Å². The molecule has 0 unspecified atom stereocenters. The summed E-state index contributed by atoms with van der Waals surface area (Å²) in [5, 5.41) is 9.97. The van der Waals surface area contributed by atoms with Gasteiger partial charge in [0, 0.05) is 55.1 Å². The summed E-state index contributed by atoms with van der Waals surface area (Å²) < 4.78 is 17.6. The molecular formula is C22H30N2O5S. The molecule has 2 bridgehead atoms. The number of ether oxygens (including phenoxy) is 3. The van der Waals surface area contributed by atoms with E-state index in [1.807, 2.05) is 23.1 Å². The zero-order valence-electron chi connectivity index (χ0n) is 17.4. The van der Waals surface area contributed by atoms with E-state index < -0.39 is 0 Å². The van der Waals surface area contributed by atoms with Crippen molar-refractivity contribution in [3.8, 4) is 11.5 Å². The first-order chi connectivity index (χ1) is 14.6. The molecule has 1 aromatic rings. The third-order valence-electron chi connectivity index (χ3n) is 6.97. The van der Waals surface area contributed by atoms with Crippen LogP contribution in [0.15, 0.2) is 23.1 Å². The second-order valence-electron chi connectivity index (χ2n) is 8.68. The fourth-order valence-electron chi connectivity index (χ4n) is 5.49. The van der Waals surface area contributed by atoms with Crippen LogP contribution in [0.2, 0.25) is 0 Å². The van der Waals surface area contributed by atoms with Crippen LogP contribution >= 0.6 is 11.8 Å². The van der Waals surface area contributed by atoms with E-state index in [9.17, 15) is 9.90 Å². The summed E-state index contributed by atoms with van der Waals surface area (Å²) in [5.74, 6) is 2.83. The summed E-state index contributed by atoms with van der Waals surface area (Å²) in [4.78, 5) is 18.4. The summed E-state index contributed by atoms with van der Waals surface area (Å²) in [5.41, 5.74) is -0.301. The van der Waals surface area contributed by atoms with E-state index in [0.717, 1.165) is 41.8 Å². The molecule has 8 heteroatoms. The number of hydrogen-bond acceptors (Lipinski definition) is 7. The number of thioether (sulfide) groups is 1. The van der Waals surface area contributed by atoms with Gasteiger partial charge in [0.15, 0.2) is 11.5 Å². The van der Waals surface area contributed by atoms with Crippen molar-refractivity contribution >= 4 is 17.7 Å². The van der Waals surface area contributed by atoms with Gasteiger partial charge in [-0.1, -0.05) is 6.92 Å². The molecule has 30 heavy (non-hydrogen) atoms. The highest BCUT2D eigenvalue weighted by Gasteiger charge is 2.62. The predicted molar refractivity (Wildman–Crippen MR) is 113 cm³/mol. The molecule has 4 heterocycles. The number of hydrogen-bond donors (Lipinski definition) is 1. The van der Waals surface area contributed by atoms with E-state index >= 15 is 0 Å². The van der Waals surface area contributed by atoms with Gasteiger partial charge < -0.3 is 24.2 Å². The van der Waals surface area contributed by atoms with Gasteiger partial charge in [0.25, 0.3) is 0 Å². The molecule has 4 aliphatic heterocycles. The van der Waals surface area contributed by atoms with Gasteiger partial charge in [-0.3, -0.25) is 9.69 Å². The van der Waals surface area contributed by atoms with Crippen molar-refractivity contribution in [2.75, 3.05) is 58.3 Å². The van der Waals surface area contributed by atoms with Gasteiger partial charge in [-0.2, -0.15) is 0 Å². The van der Waals surface area contributed by atoms with Crippen molar-refractivity contribution in [1.29, 1.82) is 0 Å². The Labute approximate surface area is 181 Å². The maximum Gasteiger partial charge on any atom is 0.223 e. The van der Waals surface area contributed by atoms with Gasteiger partial charge in [-0.15, -0.1) is 11.8 Å². The number of morpholine rings is 1. The molecule has 5 rings (SSSR count). The lowest BCUT2D eigenvalue weighted by Crippen LogP contribution is -2.54. The first-order valence-corrected chi connectivity index (χ1v) is 11.9. The van der Waals surface area contributed by atoms with Gasteiger partial charge >= 0.3 is 0 Å². The number of likely N-dealkylation sites (N-methyl/N-ethyl adjacent to an activating group) is 1. The molecule has 0 aliphatic carbocycles. The Kier molecular flexibility index (Phi) is 5.60. The lowest BCUT2D eigenvalue weighted by molar-refractivity contribution is -0.137. The van der Waals surface area contributed by atoms with Gasteiger partial charge in [0.1, 0.15) is 18.8 Å². The summed E-state index contributed by atoms with van der Waals surface area (Å²) in [6.07, 6.45) is 0.587. The fourth-order valence-corrected chi connectivity index (χ4v) is 6.35. The minimum Gasteiger partial charge on any atom is -0.486 e. The van der Waals surface area contributed by atoms with Crippen molar-refractivity contribution in [3.05, 3.63) is 18.2 Å². The summed E-state index contributed by atoms with van der Waals surface area (Å²) in [7, 11) is 0. The molecule has 164 valence electrons. The minimum atomic E-state index is -0.301. The molecule has 1 aromatic carbocycles. The van der Waals surface area contributed by atoms with Crippen LogP contribution in [-0.2, 0) is 9.53 Å². The number of likely N-dealkylation sites (tertiary alicyclic amines) is 2. The Balaban J connectivity index is 1.18. The van der Waals surface area contributed by atoms with Crippen molar-refractivity contribution < 1.29 is 24.1 Å². The number of rotatable bonds is 6. The largest absolute Gasteiger partial charge is 0.486 e. The Morgan fingerprint density at radius 1 is 1.23 bits per heavy atom. The van der Waals surface area contributed by atoms with Crippen LogP contribution in [-0.4, -0.2) is 90.8 Å². The van der Waals surface area contributed by atoms with Crippen molar-refractivity contribution in [2.45, 2.75) is 29.9 Å². The zero-order valence-corrected chi connectivity index (χ0v) is 18.2. The number of fused-ring (bicyclic) bond motifs is 2. The number of carbonyl (C=O) groups excluding carboxylic acids is 1. The Morgan fingerprint density at radius 3 is 2.87 bits per heavy atom. The van der Waals surface area contributed by atoms with Crippen molar-refractivity contribution in [2.24, 2.45) is 11.8 Å². The molecule has 0 radical (unpaired) electrons. The monoisotopic (exact) mass is 434 g/mol. The number of carbonyl (C=O) groups is 1. The first-order valence-electron chi connectivity index (χ1n) is 10.9. The summed E-state index contributed by atoms with van der Waals surface area (Å²) in [6, 6.07) is 5.94. The predicted octanol–water partition coefficient (Wildman–Crippen LogP) is 1.48. The van der Waals surface area contributed by atoms with Gasteiger partial charge in [-0.05, 0) is 24.7 Å². The van der Waals surface area contributed by atoms with Gasteiger partial charge in [0.05, 0.1) is 12.6 Å². The number of aliphatic hydroxyl groups excluding tert-OH is 1. The highest BCUT2D eigenvalue weighted by atomic mass is 32.2. The Bertz CT molecular complexity index is 808. The Hall–Kier alpha value is -1.48. The average molecular weight is 435 g/mol. The maximum absolute atomic E-state index is 12.9. The molecule has 0 aromatic heterocycles. The Morgan fingerprint density at radius 2 is 2.07 bits per heavy atom. The highest BCUT2D eigenvalue weighted by Crippen LogP contribution is 2.49. The number of benzene rings is 1. The standard InChI is InChI=1S/C22H30N2O5S/c1-2-23-11-20-16(12-25)17-10-24(14-22(17,13-23)29-20)21(26)5-8-30-15-3-4-18-19(9-15)28-7-6-27-18/h3-4,9,16-17,20,25H,2,5-8,10-14H2,1H3/t16-,17+,20+,22+/m0/s1. The van der Waals surface area contributed by atoms with Crippen molar-refractivity contribution in [1.82, 2.24) is 9.80 Å². The smallest absolute Gasteiger partial charge is 0.223 e. The number of aliphatic hydroxyl groups is 1. The fraction of sp³-hybridized carbons (Fsp3) is 0.682. The topological polar surface area (TPSA) is 71.5 Å². The minimum absolute atomic E-state index is 0.0942. The molecule has 4 atom stereocenters. The molecule has 1 amide bonds. The molecule has 3 fully saturated rings. The quantitative estimate of drug-likeness (QED) is 0.680. The van der Waals surface area contributed by atoms with Crippen LogP contribution < -0.4 is 9.47 Å². The molecule has 3 saturated heterocycles.